The Bertz CT molecular complexity index is 507. The van der Waals surface area contributed by atoms with Crippen molar-refractivity contribution in [3.05, 3.63) is 29.6 Å². The molecule has 18 heavy (non-hydrogen) atoms. The van der Waals surface area contributed by atoms with Gasteiger partial charge in [0.2, 0.25) is 0 Å². The average molecular weight is 243 g/mol. The van der Waals surface area contributed by atoms with Gasteiger partial charge >= 0.3 is 7.12 Å². The van der Waals surface area contributed by atoms with Gasteiger partial charge in [-0.05, 0) is 44.8 Å². The van der Waals surface area contributed by atoms with E-state index in [4.69, 9.17) is 9.31 Å². The van der Waals surface area contributed by atoms with Gasteiger partial charge in [-0.3, -0.25) is 4.98 Å². The van der Waals surface area contributed by atoms with E-state index in [1.165, 1.54) is 0 Å². The first-order valence-electron chi connectivity index (χ1n) is 6.41. The molecule has 94 valence electrons. The number of allylic oxidation sites excluding steroid dienone is 1. The molecule has 0 radical (unpaired) electrons. The predicted molar refractivity (Wildman–Crippen MR) is 72.7 cm³/mol. The molecule has 1 aliphatic carbocycles. The van der Waals surface area contributed by atoms with Crippen LogP contribution >= 0.6 is 0 Å². The predicted octanol–water partition coefficient (Wildman–Crippen LogP) is 1.95. The Morgan fingerprint density at radius 1 is 1.17 bits per heavy atom. The van der Waals surface area contributed by atoms with Crippen LogP contribution in [0.25, 0.3) is 6.08 Å². The molecule has 2 aliphatic rings. The van der Waals surface area contributed by atoms with Gasteiger partial charge in [-0.1, -0.05) is 12.2 Å². The highest BCUT2D eigenvalue weighted by atomic mass is 16.7. The van der Waals surface area contributed by atoms with Gasteiger partial charge in [0.15, 0.2) is 0 Å². The van der Waals surface area contributed by atoms with Crippen molar-refractivity contribution in [2.75, 3.05) is 0 Å². The van der Waals surface area contributed by atoms with Crippen LogP contribution in [0.1, 0.15) is 39.0 Å². The molecular formula is C14H18BNO2. The molecule has 1 aromatic rings. The first-order chi connectivity index (χ1) is 8.41. The summed E-state index contributed by atoms with van der Waals surface area (Å²) in [5.41, 5.74) is 2.78. The lowest BCUT2D eigenvalue weighted by Crippen LogP contribution is -2.41. The summed E-state index contributed by atoms with van der Waals surface area (Å²) >= 11 is 0. The van der Waals surface area contributed by atoms with Crippen LogP contribution in [0.2, 0.25) is 0 Å². The van der Waals surface area contributed by atoms with Gasteiger partial charge < -0.3 is 9.31 Å². The minimum Gasteiger partial charge on any atom is -0.399 e. The van der Waals surface area contributed by atoms with E-state index in [2.05, 4.69) is 44.8 Å². The molecule has 0 N–H and O–H groups in total. The molecule has 1 fully saturated rings. The van der Waals surface area contributed by atoms with Gasteiger partial charge in [0.25, 0.3) is 0 Å². The Morgan fingerprint density at radius 3 is 2.50 bits per heavy atom. The van der Waals surface area contributed by atoms with E-state index in [0.717, 1.165) is 23.1 Å². The normalized spacial score (nSPS) is 23.4. The van der Waals surface area contributed by atoms with E-state index in [9.17, 15) is 0 Å². The van der Waals surface area contributed by atoms with E-state index in [1.807, 2.05) is 12.3 Å². The van der Waals surface area contributed by atoms with Crippen molar-refractivity contribution in [2.45, 2.75) is 45.3 Å². The topological polar surface area (TPSA) is 31.4 Å². The maximum Gasteiger partial charge on any atom is 0.495 e. The summed E-state index contributed by atoms with van der Waals surface area (Å²) < 4.78 is 12.2. The van der Waals surface area contributed by atoms with Crippen LogP contribution in [0.4, 0.5) is 0 Å². The van der Waals surface area contributed by atoms with Gasteiger partial charge in [0.05, 0.1) is 16.9 Å². The first-order valence-corrected chi connectivity index (χ1v) is 6.41. The van der Waals surface area contributed by atoms with Crippen LogP contribution in [0, 0.1) is 0 Å². The second-order valence-corrected chi connectivity index (χ2v) is 5.96. The third-order valence-electron chi connectivity index (χ3n) is 4.21. The van der Waals surface area contributed by atoms with Crippen LogP contribution in [0.5, 0.6) is 0 Å². The third-order valence-corrected chi connectivity index (χ3v) is 4.21. The Hall–Kier alpha value is -1.13. The zero-order chi connectivity index (χ0) is 13.0. The zero-order valence-corrected chi connectivity index (χ0v) is 11.4. The van der Waals surface area contributed by atoms with Crippen molar-refractivity contribution in [1.29, 1.82) is 0 Å². The van der Waals surface area contributed by atoms with Crippen molar-refractivity contribution in [2.24, 2.45) is 0 Å². The van der Waals surface area contributed by atoms with Crippen molar-refractivity contribution < 1.29 is 9.31 Å². The summed E-state index contributed by atoms with van der Waals surface area (Å²) in [6.45, 7) is 8.29. The quantitative estimate of drug-likeness (QED) is 0.706. The maximum absolute atomic E-state index is 6.09. The van der Waals surface area contributed by atoms with Crippen LogP contribution in [-0.2, 0) is 15.7 Å². The summed E-state index contributed by atoms with van der Waals surface area (Å²) in [6.07, 6.45) is 6.99. The molecule has 0 spiro atoms. The number of hydrogen-bond acceptors (Lipinski definition) is 3. The van der Waals surface area contributed by atoms with Crippen LogP contribution in [0.15, 0.2) is 18.3 Å². The minimum absolute atomic E-state index is 0.295. The van der Waals surface area contributed by atoms with E-state index < -0.39 is 0 Å². The van der Waals surface area contributed by atoms with Gasteiger partial charge in [0.1, 0.15) is 0 Å². The maximum atomic E-state index is 6.09. The number of rotatable bonds is 1. The summed E-state index contributed by atoms with van der Waals surface area (Å²) in [4.78, 5) is 4.39. The second kappa shape index (κ2) is 3.68. The third kappa shape index (κ3) is 1.63. The summed E-state index contributed by atoms with van der Waals surface area (Å²) in [7, 11) is -0.297. The second-order valence-electron chi connectivity index (χ2n) is 5.96. The molecule has 0 atom stereocenters. The molecule has 1 aliphatic heterocycles. The molecule has 3 rings (SSSR count). The largest absolute Gasteiger partial charge is 0.495 e. The Morgan fingerprint density at radius 2 is 1.83 bits per heavy atom. The number of aromatic nitrogens is 1. The van der Waals surface area contributed by atoms with E-state index in [0.29, 0.717) is 0 Å². The standard InChI is InChI=1S/C14H18BNO2/c1-13(2)14(3,4)18-15(17-13)11-8-9-16-12-7-5-6-10(11)12/h5-6,8-9H,7H2,1-4H3. The number of hydrogen-bond donors (Lipinski definition) is 0. The summed E-state index contributed by atoms with van der Waals surface area (Å²) in [5.74, 6) is 0. The SMILES string of the molecule is CC1(C)OB(c2ccnc3c2C=CC3)OC1(C)C. The monoisotopic (exact) mass is 243 g/mol. The Balaban J connectivity index is 1.99. The fraction of sp³-hybridized carbons (Fsp3) is 0.500. The molecule has 4 heteroatoms. The van der Waals surface area contributed by atoms with Gasteiger partial charge in [-0.2, -0.15) is 0 Å². The van der Waals surface area contributed by atoms with Crippen LogP contribution < -0.4 is 5.46 Å². The van der Waals surface area contributed by atoms with Gasteiger partial charge in [0, 0.05) is 12.6 Å². The van der Waals surface area contributed by atoms with Gasteiger partial charge in [-0.25, -0.2) is 0 Å². The lowest BCUT2D eigenvalue weighted by molar-refractivity contribution is 0.00578. The summed E-state index contributed by atoms with van der Waals surface area (Å²) in [5, 5.41) is 0. The van der Waals surface area contributed by atoms with Crippen LogP contribution in [0.3, 0.4) is 0 Å². The molecule has 3 nitrogen and oxygen atoms in total. The average Bonchev–Trinajstić information content (AvgIpc) is 2.81. The number of pyridine rings is 1. The van der Waals surface area contributed by atoms with E-state index in [1.54, 1.807) is 0 Å². The smallest absolute Gasteiger partial charge is 0.399 e. The van der Waals surface area contributed by atoms with Crippen LogP contribution in [-0.4, -0.2) is 23.3 Å². The van der Waals surface area contributed by atoms with Gasteiger partial charge in [-0.15, -0.1) is 0 Å². The zero-order valence-electron chi connectivity index (χ0n) is 11.4. The lowest BCUT2D eigenvalue weighted by atomic mass is 9.76. The number of nitrogens with zero attached hydrogens (tertiary/aromatic N) is 1. The highest BCUT2D eigenvalue weighted by Gasteiger charge is 2.52. The van der Waals surface area contributed by atoms with Crippen molar-refractivity contribution in [1.82, 2.24) is 4.98 Å². The van der Waals surface area contributed by atoms with E-state index >= 15 is 0 Å². The summed E-state index contributed by atoms with van der Waals surface area (Å²) in [6, 6.07) is 2.00. The molecule has 1 saturated heterocycles. The molecule has 0 saturated carbocycles. The molecule has 0 bridgehead atoms. The highest BCUT2D eigenvalue weighted by Crippen LogP contribution is 2.37. The lowest BCUT2D eigenvalue weighted by Gasteiger charge is -2.32. The molecule has 0 amide bonds. The minimum atomic E-state index is -0.297. The molecule has 1 aromatic heterocycles. The first kappa shape index (κ1) is 11.9. The van der Waals surface area contributed by atoms with Crippen molar-refractivity contribution in [3.63, 3.8) is 0 Å². The fourth-order valence-electron chi connectivity index (χ4n) is 2.35. The number of fused-ring (bicyclic) bond motifs is 1. The highest BCUT2D eigenvalue weighted by molar-refractivity contribution is 6.63. The Labute approximate surface area is 108 Å². The molecule has 2 heterocycles. The molecule has 0 unspecified atom stereocenters. The van der Waals surface area contributed by atoms with E-state index in [-0.39, 0.29) is 18.3 Å². The van der Waals surface area contributed by atoms with Crippen molar-refractivity contribution in [3.8, 4) is 0 Å². The van der Waals surface area contributed by atoms with Crippen molar-refractivity contribution >= 4 is 18.7 Å². The fourth-order valence-corrected chi connectivity index (χ4v) is 2.35. The molecule has 0 aromatic carbocycles. The Kier molecular flexibility index (Phi) is 2.44. The molecular weight excluding hydrogens is 225 g/mol.